The zero-order chi connectivity index (χ0) is 14.0. The van der Waals surface area contributed by atoms with E-state index in [2.05, 4.69) is 31.9 Å². The number of aliphatic hydroxyl groups excluding tert-OH is 1. The number of benzene rings is 2. The van der Waals surface area contributed by atoms with Gasteiger partial charge in [-0.25, -0.2) is 0 Å². The Morgan fingerprint density at radius 3 is 2.21 bits per heavy atom. The average molecular weight is 425 g/mol. The first-order valence-corrected chi connectivity index (χ1v) is 7.88. The Morgan fingerprint density at radius 2 is 1.63 bits per heavy atom. The van der Waals surface area contributed by atoms with E-state index < -0.39 is 6.10 Å². The quantitative estimate of drug-likeness (QED) is 0.660. The van der Waals surface area contributed by atoms with Crippen molar-refractivity contribution >= 4 is 55.1 Å². The largest absolute Gasteiger partial charge is 0.388 e. The lowest BCUT2D eigenvalue weighted by atomic mass is 10.0. The first-order chi connectivity index (χ1) is 8.95. The van der Waals surface area contributed by atoms with Crippen LogP contribution in [0.3, 0.4) is 0 Å². The van der Waals surface area contributed by atoms with Crippen LogP contribution in [0.1, 0.15) is 17.2 Å². The molecule has 0 radical (unpaired) electrons. The Hall–Kier alpha value is -0.0600. The molecule has 0 amide bonds. The van der Waals surface area contributed by atoms with E-state index in [1.165, 1.54) is 0 Å². The molecular formula is C14H10Br2Cl2O. The molecule has 2 aromatic rings. The fourth-order valence-corrected chi connectivity index (χ4v) is 3.60. The Morgan fingerprint density at radius 1 is 1.00 bits per heavy atom. The summed E-state index contributed by atoms with van der Waals surface area (Å²) in [7, 11) is 0. The van der Waals surface area contributed by atoms with Gasteiger partial charge in [-0.05, 0) is 41.5 Å². The molecule has 0 bridgehead atoms. The van der Waals surface area contributed by atoms with Gasteiger partial charge in [-0.15, -0.1) is 0 Å². The predicted octanol–water partition coefficient (Wildman–Crippen LogP) is 5.79. The van der Waals surface area contributed by atoms with Crippen LogP contribution >= 0.6 is 55.1 Å². The molecule has 100 valence electrons. The van der Waals surface area contributed by atoms with Crippen molar-refractivity contribution in [2.45, 2.75) is 12.5 Å². The molecule has 19 heavy (non-hydrogen) atoms. The maximum absolute atomic E-state index is 10.3. The summed E-state index contributed by atoms with van der Waals surface area (Å²) in [6.07, 6.45) is -0.175. The predicted molar refractivity (Wildman–Crippen MR) is 87.0 cm³/mol. The van der Waals surface area contributed by atoms with Crippen LogP contribution in [0.15, 0.2) is 45.3 Å². The molecule has 0 aromatic heterocycles. The summed E-state index contributed by atoms with van der Waals surface area (Å²) in [5, 5.41) is 11.4. The van der Waals surface area contributed by atoms with Crippen molar-refractivity contribution in [3.05, 3.63) is 66.5 Å². The lowest BCUT2D eigenvalue weighted by Crippen LogP contribution is -2.02. The van der Waals surface area contributed by atoms with E-state index in [9.17, 15) is 5.11 Å². The normalized spacial score (nSPS) is 12.5. The van der Waals surface area contributed by atoms with E-state index in [0.29, 0.717) is 16.5 Å². The molecule has 1 atom stereocenters. The van der Waals surface area contributed by atoms with Gasteiger partial charge in [0.25, 0.3) is 0 Å². The lowest BCUT2D eigenvalue weighted by molar-refractivity contribution is 0.178. The molecular weight excluding hydrogens is 415 g/mol. The summed E-state index contributed by atoms with van der Waals surface area (Å²) in [5.74, 6) is 0. The molecule has 1 unspecified atom stereocenters. The van der Waals surface area contributed by atoms with Crippen LogP contribution < -0.4 is 0 Å². The zero-order valence-corrected chi connectivity index (χ0v) is 14.4. The molecule has 0 saturated carbocycles. The topological polar surface area (TPSA) is 20.2 Å². The van der Waals surface area contributed by atoms with Gasteiger partial charge in [0.2, 0.25) is 0 Å². The van der Waals surface area contributed by atoms with Crippen LogP contribution in [0.4, 0.5) is 0 Å². The molecule has 2 aromatic carbocycles. The molecule has 0 heterocycles. The number of hydrogen-bond acceptors (Lipinski definition) is 1. The Kier molecular flexibility index (Phi) is 5.32. The second-order valence-corrected chi connectivity index (χ2v) is 6.83. The van der Waals surface area contributed by atoms with Gasteiger partial charge in [-0.2, -0.15) is 0 Å². The van der Waals surface area contributed by atoms with Crippen molar-refractivity contribution in [1.82, 2.24) is 0 Å². The highest BCUT2D eigenvalue weighted by molar-refractivity contribution is 9.11. The minimum atomic E-state index is -0.618. The SMILES string of the molecule is OC(Cc1ccc(Cl)cc1Cl)c1cc(Br)cc(Br)c1. The third-order valence-electron chi connectivity index (χ3n) is 2.70. The average Bonchev–Trinajstić information content (AvgIpc) is 2.31. The molecule has 1 nitrogen and oxygen atoms in total. The van der Waals surface area contributed by atoms with Gasteiger partial charge in [0.15, 0.2) is 0 Å². The third kappa shape index (κ3) is 4.20. The molecule has 0 aliphatic rings. The number of aliphatic hydroxyl groups is 1. The minimum absolute atomic E-state index is 0.443. The van der Waals surface area contributed by atoms with E-state index in [1.807, 2.05) is 24.3 Å². The van der Waals surface area contributed by atoms with E-state index in [1.54, 1.807) is 12.1 Å². The van der Waals surface area contributed by atoms with Gasteiger partial charge in [0, 0.05) is 25.4 Å². The first-order valence-electron chi connectivity index (χ1n) is 5.53. The monoisotopic (exact) mass is 422 g/mol. The molecule has 0 spiro atoms. The molecule has 0 aliphatic heterocycles. The smallest absolute Gasteiger partial charge is 0.0831 e. The van der Waals surface area contributed by atoms with E-state index in [-0.39, 0.29) is 0 Å². The van der Waals surface area contributed by atoms with Crippen LogP contribution in [0.2, 0.25) is 10.0 Å². The Labute approximate surface area is 138 Å². The van der Waals surface area contributed by atoms with Gasteiger partial charge in [-0.1, -0.05) is 61.1 Å². The van der Waals surface area contributed by atoms with Gasteiger partial charge in [0.05, 0.1) is 6.10 Å². The fourth-order valence-electron chi connectivity index (χ4n) is 1.78. The maximum atomic E-state index is 10.3. The Balaban J connectivity index is 2.22. The van der Waals surface area contributed by atoms with E-state index >= 15 is 0 Å². The molecule has 0 saturated heterocycles. The van der Waals surface area contributed by atoms with Gasteiger partial charge in [0.1, 0.15) is 0 Å². The molecule has 0 aliphatic carbocycles. The van der Waals surface area contributed by atoms with Crippen LogP contribution in [0.5, 0.6) is 0 Å². The number of halogens is 4. The van der Waals surface area contributed by atoms with Crippen molar-refractivity contribution in [2.24, 2.45) is 0 Å². The second kappa shape index (κ2) is 6.59. The summed E-state index contributed by atoms with van der Waals surface area (Å²) < 4.78 is 1.83. The lowest BCUT2D eigenvalue weighted by Gasteiger charge is -2.13. The van der Waals surface area contributed by atoms with Gasteiger partial charge < -0.3 is 5.11 Å². The number of rotatable bonds is 3. The van der Waals surface area contributed by atoms with Crippen molar-refractivity contribution in [3.63, 3.8) is 0 Å². The molecule has 0 fully saturated rings. The van der Waals surface area contributed by atoms with Crippen molar-refractivity contribution in [2.75, 3.05) is 0 Å². The maximum Gasteiger partial charge on any atom is 0.0831 e. The summed E-state index contributed by atoms with van der Waals surface area (Å²) in [6.45, 7) is 0. The van der Waals surface area contributed by atoms with E-state index in [4.69, 9.17) is 23.2 Å². The first kappa shape index (κ1) is 15.3. The standard InChI is InChI=1S/C14H10Br2Cl2O/c15-10-3-9(4-11(16)6-10)14(19)5-8-1-2-12(17)7-13(8)18/h1-4,6-7,14,19H,5H2. The zero-order valence-electron chi connectivity index (χ0n) is 9.71. The van der Waals surface area contributed by atoms with Crippen LogP contribution in [0, 0.1) is 0 Å². The fraction of sp³-hybridized carbons (Fsp3) is 0.143. The Bertz CT molecular complexity index is 582. The molecule has 2 rings (SSSR count). The molecule has 1 N–H and O–H groups in total. The summed E-state index contributed by atoms with van der Waals surface area (Å²) >= 11 is 18.8. The highest BCUT2D eigenvalue weighted by atomic mass is 79.9. The van der Waals surface area contributed by atoms with Gasteiger partial charge in [-0.3, -0.25) is 0 Å². The van der Waals surface area contributed by atoms with Crippen LogP contribution in [0.25, 0.3) is 0 Å². The minimum Gasteiger partial charge on any atom is -0.388 e. The van der Waals surface area contributed by atoms with Crippen LogP contribution in [-0.2, 0) is 6.42 Å². The summed E-state index contributed by atoms with van der Waals surface area (Å²) in [5.41, 5.74) is 1.70. The molecule has 5 heteroatoms. The highest BCUT2D eigenvalue weighted by Gasteiger charge is 2.12. The summed E-state index contributed by atoms with van der Waals surface area (Å²) in [6, 6.07) is 11.0. The summed E-state index contributed by atoms with van der Waals surface area (Å²) in [4.78, 5) is 0. The second-order valence-electron chi connectivity index (χ2n) is 4.16. The van der Waals surface area contributed by atoms with Crippen molar-refractivity contribution in [1.29, 1.82) is 0 Å². The van der Waals surface area contributed by atoms with Gasteiger partial charge >= 0.3 is 0 Å². The highest BCUT2D eigenvalue weighted by Crippen LogP contribution is 2.29. The van der Waals surface area contributed by atoms with Crippen molar-refractivity contribution < 1.29 is 5.11 Å². The van der Waals surface area contributed by atoms with E-state index in [0.717, 1.165) is 20.1 Å². The third-order valence-corrected chi connectivity index (χ3v) is 4.20. The van der Waals surface area contributed by atoms with Crippen molar-refractivity contribution in [3.8, 4) is 0 Å². The number of hydrogen-bond donors (Lipinski definition) is 1. The van der Waals surface area contributed by atoms with Crippen LogP contribution in [-0.4, -0.2) is 5.11 Å².